The van der Waals surface area contributed by atoms with E-state index >= 15 is 0 Å². The SMILES string of the molecule is CC(C)=CCC[N+]12CCC(CC1)CC2. The molecule has 3 heterocycles. The standard InChI is InChI=1S/C13H24N/c1-12(2)4-3-8-14-9-5-13(6-10-14)7-11-14/h4,13H,3,5-11H2,1-2H3/q+1. The van der Waals surface area contributed by atoms with Crippen LogP contribution >= 0.6 is 0 Å². The highest BCUT2D eigenvalue weighted by Gasteiger charge is 2.38. The first-order chi connectivity index (χ1) is 6.70. The van der Waals surface area contributed by atoms with Crippen molar-refractivity contribution in [2.45, 2.75) is 39.5 Å². The monoisotopic (exact) mass is 194 g/mol. The Kier molecular flexibility index (Phi) is 2.96. The zero-order chi connectivity index (χ0) is 10.0. The molecule has 0 N–H and O–H groups in total. The molecule has 0 saturated carbocycles. The van der Waals surface area contributed by atoms with Gasteiger partial charge in [-0.1, -0.05) is 11.6 Å². The van der Waals surface area contributed by atoms with E-state index in [0.717, 1.165) is 5.92 Å². The molecular formula is C13H24N+. The number of hydrogen-bond donors (Lipinski definition) is 0. The molecule has 3 aliphatic rings. The summed E-state index contributed by atoms with van der Waals surface area (Å²) >= 11 is 0. The van der Waals surface area contributed by atoms with Crippen molar-refractivity contribution in [1.82, 2.24) is 0 Å². The molecule has 2 bridgehead atoms. The molecule has 80 valence electrons. The molecule has 3 rings (SSSR count). The van der Waals surface area contributed by atoms with E-state index in [9.17, 15) is 0 Å². The minimum absolute atomic E-state index is 1.10. The van der Waals surface area contributed by atoms with Gasteiger partial charge in [-0.25, -0.2) is 0 Å². The highest BCUT2D eigenvalue weighted by molar-refractivity contribution is 4.92. The van der Waals surface area contributed by atoms with Gasteiger partial charge in [0.2, 0.25) is 0 Å². The van der Waals surface area contributed by atoms with Crippen molar-refractivity contribution in [1.29, 1.82) is 0 Å². The molecule has 3 aliphatic heterocycles. The van der Waals surface area contributed by atoms with E-state index in [4.69, 9.17) is 0 Å². The Morgan fingerprint density at radius 1 is 1.14 bits per heavy atom. The van der Waals surface area contributed by atoms with E-state index in [1.54, 1.807) is 0 Å². The van der Waals surface area contributed by atoms with Crippen molar-refractivity contribution in [2.24, 2.45) is 5.92 Å². The topological polar surface area (TPSA) is 0 Å². The van der Waals surface area contributed by atoms with E-state index in [2.05, 4.69) is 19.9 Å². The van der Waals surface area contributed by atoms with Crippen LogP contribution < -0.4 is 0 Å². The van der Waals surface area contributed by atoms with Gasteiger partial charge in [-0.15, -0.1) is 0 Å². The molecule has 0 aliphatic carbocycles. The third kappa shape index (κ3) is 2.20. The van der Waals surface area contributed by atoms with E-state index < -0.39 is 0 Å². The lowest BCUT2D eigenvalue weighted by molar-refractivity contribution is -0.942. The minimum Gasteiger partial charge on any atom is -0.323 e. The number of nitrogens with zero attached hydrogens (tertiary/aromatic N) is 1. The summed E-state index contributed by atoms with van der Waals surface area (Å²) in [6.07, 6.45) is 8.24. The fraction of sp³-hybridized carbons (Fsp3) is 0.846. The molecule has 0 aromatic carbocycles. The maximum atomic E-state index is 2.41. The smallest absolute Gasteiger partial charge is 0.0821 e. The fourth-order valence-electron chi connectivity index (χ4n) is 3.10. The Morgan fingerprint density at radius 3 is 2.21 bits per heavy atom. The second-order valence-electron chi connectivity index (χ2n) is 5.54. The normalized spacial score (nSPS) is 35.7. The Bertz CT molecular complexity index is 204. The number of piperidine rings is 3. The van der Waals surface area contributed by atoms with Crippen LogP contribution in [0.25, 0.3) is 0 Å². The third-order valence-corrected chi connectivity index (χ3v) is 4.19. The van der Waals surface area contributed by atoms with Gasteiger partial charge in [0.1, 0.15) is 0 Å². The molecule has 0 spiro atoms. The first-order valence-corrected chi connectivity index (χ1v) is 6.19. The van der Waals surface area contributed by atoms with Crippen molar-refractivity contribution in [2.75, 3.05) is 26.2 Å². The van der Waals surface area contributed by atoms with E-state index in [0.29, 0.717) is 0 Å². The summed E-state index contributed by atoms with van der Waals surface area (Å²) in [5.41, 5.74) is 1.48. The lowest BCUT2D eigenvalue weighted by atomic mass is 9.85. The van der Waals surface area contributed by atoms with E-state index in [-0.39, 0.29) is 0 Å². The first kappa shape index (κ1) is 10.2. The van der Waals surface area contributed by atoms with Crippen molar-refractivity contribution in [3.05, 3.63) is 11.6 Å². The number of fused-ring (bicyclic) bond motifs is 3. The Morgan fingerprint density at radius 2 is 1.71 bits per heavy atom. The summed E-state index contributed by atoms with van der Waals surface area (Å²) < 4.78 is 1.44. The number of hydrogen-bond acceptors (Lipinski definition) is 0. The molecule has 0 unspecified atom stereocenters. The average Bonchev–Trinajstić information content (AvgIpc) is 2.19. The van der Waals surface area contributed by atoms with Gasteiger partial charge >= 0.3 is 0 Å². The van der Waals surface area contributed by atoms with Gasteiger partial charge in [-0.2, -0.15) is 0 Å². The number of rotatable bonds is 3. The van der Waals surface area contributed by atoms with Crippen molar-refractivity contribution in [3.8, 4) is 0 Å². The molecule has 3 saturated heterocycles. The van der Waals surface area contributed by atoms with Crippen LogP contribution in [0, 0.1) is 5.92 Å². The fourth-order valence-corrected chi connectivity index (χ4v) is 3.10. The maximum Gasteiger partial charge on any atom is 0.0821 e. The van der Waals surface area contributed by atoms with Gasteiger partial charge in [0.25, 0.3) is 0 Å². The lowest BCUT2D eigenvalue weighted by Gasteiger charge is -2.49. The summed E-state index contributed by atoms with van der Waals surface area (Å²) in [6, 6.07) is 0. The predicted octanol–water partition coefficient (Wildman–Crippen LogP) is 2.97. The van der Waals surface area contributed by atoms with Gasteiger partial charge in [0, 0.05) is 6.42 Å². The Balaban J connectivity index is 1.86. The van der Waals surface area contributed by atoms with Crippen LogP contribution in [0.1, 0.15) is 39.5 Å². The van der Waals surface area contributed by atoms with Crippen LogP contribution in [0.15, 0.2) is 11.6 Å². The summed E-state index contributed by atoms with van der Waals surface area (Å²) in [7, 11) is 0. The largest absolute Gasteiger partial charge is 0.323 e. The molecule has 1 heteroatoms. The molecule has 14 heavy (non-hydrogen) atoms. The molecule has 0 aromatic heterocycles. The van der Waals surface area contributed by atoms with Gasteiger partial charge in [-0.3, -0.25) is 0 Å². The quantitative estimate of drug-likeness (QED) is 0.478. The highest BCUT2D eigenvalue weighted by Crippen LogP contribution is 2.33. The third-order valence-electron chi connectivity index (χ3n) is 4.19. The van der Waals surface area contributed by atoms with E-state index in [1.165, 1.54) is 61.9 Å². The van der Waals surface area contributed by atoms with Crippen LogP contribution in [0.2, 0.25) is 0 Å². The first-order valence-electron chi connectivity index (χ1n) is 6.19. The second kappa shape index (κ2) is 4.06. The molecule has 0 amide bonds. The summed E-state index contributed by atoms with van der Waals surface area (Å²) in [6.45, 7) is 10.2. The van der Waals surface area contributed by atoms with Crippen LogP contribution in [-0.2, 0) is 0 Å². The van der Waals surface area contributed by atoms with Gasteiger partial charge < -0.3 is 4.48 Å². The van der Waals surface area contributed by atoms with Crippen molar-refractivity contribution >= 4 is 0 Å². The molecule has 0 aromatic rings. The second-order valence-corrected chi connectivity index (χ2v) is 5.54. The summed E-state index contributed by atoms with van der Waals surface area (Å²) in [5, 5.41) is 0. The summed E-state index contributed by atoms with van der Waals surface area (Å²) in [5.74, 6) is 1.10. The van der Waals surface area contributed by atoms with Crippen LogP contribution in [0.5, 0.6) is 0 Å². The molecular weight excluding hydrogens is 170 g/mol. The Labute approximate surface area is 88.4 Å². The van der Waals surface area contributed by atoms with E-state index in [1.807, 2.05) is 0 Å². The van der Waals surface area contributed by atoms with Gasteiger partial charge in [0.15, 0.2) is 0 Å². The van der Waals surface area contributed by atoms with Crippen LogP contribution in [0.3, 0.4) is 0 Å². The van der Waals surface area contributed by atoms with Crippen molar-refractivity contribution in [3.63, 3.8) is 0 Å². The van der Waals surface area contributed by atoms with Crippen LogP contribution in [0.4, 0.5) is 0 Å². The van der Waals surface area contributed by atoms with Gasteiger partial charge in [0.05, 0.1) is 26.2 Å². The number of quaternary nitrogens is 1. The van der Waals surface area contributed by atoms with Crippen molar-refractivity contribution < 1.29 is 4.48 Å². The summed E-state index contributed by atoms with van der Waals surface area (Å²) in [4.78, 5) is 0. The van der Waals surface area contributed by atoms with Crippen LogP contribution in [-0.4, -0.2) is 30.7 Å². The van der Waals surface area contributed by atoms with Gasteiger partial charge in [-0.05, 0) is 39.0 Å². The molecule has 0 atom stereocenters. The Hall–Kier alpha value is -0.300. The predicted molar refractivity (Wildman–Crippen MR) is 61.1 cm³/mol. The minimum atomic E-state index is 1.10. The zero-order valence-corrected chi connectivity index (χ0v) is 9.76. The zero-order valence-electron chi connectivity index (χ0n) is 9.76. The lowest BCUT2D eigenvalue weighted by Crippen LogP contribution is -2.58. The maximum absolute atomic E-state index is 2.41. The molecule has 3 fully saturated rings. The number of allylic oxidation sites excluding steroid dienone is 1. The highest BCUT2D eigenvalue weighted by atomic mass is 15.4. The molecule has 0 radical (unpaired) electrons. The molecule has 1 nitrogen and oxygen atoms in total. The average molecular weight is 194 g/mol.